The number of rotatable bonds is 4. The lowest BCUT2D eigenvalue weighted by atomic mass is 9.90. The Morgan fingerprint density at radius 1 is 1.44 bits per heavy atom. The average molecular weight is 230 g/mol. The third-order valence-electron chi connectivity index (χ3n) is 3.36. The summed E-state index contributed by atoms with van der Waals surface area (Å²) >= 11 is 0. The number of carbonyl (C=O) groups is 2. The Morgan fingerprint density at radius 3 is 2.50 bits per heavy atom. The summed E-state index contributed by atoms with van der Waals surface area (Å²) in [5, 5.41) is 2.69. The van der Waals surface area contributed by atoms with Crippen LogP contribution in [0.3, 0.4) is 0 Å². The van der Waals surface area contributed by atoms with Crippen molar-refractivity contribution >= 4 is 11.8 Å². The monoisotopic (exact) mass is 230 g/mol. The number of hydrogen-bond acceptors (Lipinski definition) is 2. The van der Waals surface area contributed by atoms with Crippen molar-refractivity contribution in [2.24, 2.45) is 0 Å². The maximum absolute atomic E-state index is 12.5. The van der Waals surface area contributed by atoms with E-state index in [0.717, 1.165) is 0 Å². The molecule has 0 spiro atoms. The minimum absolute atomic E-state index is 0.00685. The van der Waals surface area contributed by atoms with Gasteiger partial charge in [-0.1, -0.05) is 13.8 Å². The zero-order valence-corrected chi connectivity index (χ0v) is 10.0. The van der Waals surface area contributed by atoms with Crippen LogP contribution in [0.1, 0.15) is 33.6 Å². The minimum atomic E-state index is -0.908. The number of carbonyl (C=O) groups excluding carboxylic acids is 2. The van der Waals surface area contributed by atoms with Crippen LogP contribution >= 0.6 is 0 Å². The Bertz CT molecular complexity index is 296. The number of amides is 2. The van der Waals surface area contributed by atoms with Crippen molar-refractivity contribution in [1.29, 1.82) is 0 Å². The summed E-state index contributed by atoms with van der Waals surface area (Å²) in [6.45, 7) is 4.70. The van der Waals surface area contributed by atoms with Gasteiger partial charge in [0.2, 0.25) is 11.8 Å². The number of nitrogens with one attached hydrogen (secondary N) is 1. The Hall–Kier alpha value is -1.13. The van der Waals surface area contributed by atoms with E-state index in [4.69, 9.17) is 0 Å². The van der Waals surface area contributed by atoms with Crippen molar-refractivity contribution < 1.29 is 14.0 Å². The molecule has 1 rings (SSSR count). The lowest BCUT2D eigenvalue weighted by Gasteiger charge is -2.45. The van der Waals surface area contributed by atoms with E-state index in [-0.39, 0.29) is 18.4 Å². The lowest BCUT2D eigenvalue weighted by Crippen LogP contribution is -2.69. The van der Waals surface area contributed by atoms with Crippen molar-refractivity contribution in [2.75, 3.05) is 13.2 Å². The second-order valence-corrected chi connectivity index (χ2v) is 4.24. The van der Waals surface area contributed by atoms with Gasteiger partial charge in [-0.2, -0.15) is 0 Å². The van der Waals surface area contributed by atoms with Crippen LogP contribution in [0.15, 0.2) is 0 Å². The van der Waals surface area contributed by atoms with E-state index in [1.807, 2.05) is 13.8 Å². The first kappa shape index (κ1) is 12.9. The van der Waals surface area contributed by atoms with Gasteiger partial charge in [-0.15, -0.1) is 0 Å². The molecule has 0 aliphatic carbocycles. The van der Waals surface area contributed by atoms with Crippen molar-refractivity contribution in [2.45, 2.75) is 45.2 Å². The van der Waals surface area contributed by atoms with E-state index in [1.54, 1.807) is 6.92 Å². The Kier molecular flexibility index (Phi) is 3.88. The molecule has 4 nitrogen and oxygen atoms in total. The fourth-order valence-corrected chi connectivity index (χ4v) is 2.00. The number of piperazine rings is 1. The molecule has 0 aromatic heterocycles. The maximum Gasteiger partial charge on any atom is 0.246 e. The van der Waals surface area contributed by atoms with Crippen molar-refractivity contribution in [3.8, 4) is 0 Å². The summed E-state index contributed by atoms with van der Waals surface area (Å²) in [4.78, 5) is 25.3. The molecule has 16 heavy (non-hydrogen) atoms. The zero-order valence-electron chi connectivity index (χ0n) is 10.0. The summed E-state index contributed by atoms with van der Waals surface area (Å²) in [6, 6.07) is -0.501. The van der Waals surface area contributed by atoms with Gasteiger partial charge in [0.05, 0.1) is 6.54 Å². The maximum atomic E-state index is 12.5. The molecule has 1 aliphatic rings. The van der Waals surface area contributed by atoms with Gasteiger partial charge in [-0.05, 0) is 19.8 Å². The molecule has 1 aliphatic heterocycles. The molecule has 2 unspecified atom stereocenters. The van der Waals surface area contributed by atoms with Crippen LogP contribution in [-0.2, 0) is 9.59 Å². The zero-order chi connectivity index (χ0) is 12.3. The van der Waals surface area contributed by atoms with Crippen LogP contribution in [0.2, 0.25) is 0 Å². The van der Waals surface area contributed by atoms with Crippen molar-refractivity contribution in [1.82, 2.24) is 10.2 Å². The summed E-state index contributed by atoms with van der Waals surface area (Å²) in [5.74, 6) is -0.362. The SMILES string of the molecule is CCC1NC(=O)C(C)(CC)N(CCF)C1=O. The van der Waals surface area contributed by atoms with Crippen LogP contribution < -0.4 is 5.32 Å². The topological polar surface area (TPSA) is 49.4 Å². The molecule has 0 aromatic rings. The summed E-state index contributed by atoms with van der Waals surface area (Å²) in [5.41, 5.74) is -0.908. The smallest absolute Gasteiger partial charge is 0.246 e. The molecule has 0 bridgehead atoms. The van der Waals surface area contributed by atoms with Crippen LogP contribution in [0, 0.1) is 0 Å². The van der Waals surface area contributed by atoms with Gasteiger partial charge in [-0.3, -0.25) is 9.59 Å². The quantitative estimate of drug-likeness (QED) is 0.778. The minimum Gasteiger partial charge on any atom is -0.342 e. The number of nitrogens with zero attached hydrogens (tertiary/aromatic N) is 1. The fraction of sp³-hybridized carbons (Fsp3) is 0.818. The predicted octanol–water partition coefficient (Wildman–Crippen LogP) is 0.862. The molecule has 1 fully saturated rings. The van der Waals surface area contributed by atoms with Crippen LogP contribution in [0.5, 0.6) is 0 Å². The van der Waals surface area contributed by atoms with Crippen molar-refractivity contribution in [3.05, 3.63) is 0 Å². The third-order valence-corrected chi connectivity index (χ3v) is 3.36. The van der Waals surface area contributed by atoms with Crippen LogP contribution in [0.4, 0.5) is 4.39 Å². The van der Waals surface area contributed by atoms with Gasteiger partial charge >= 0.3 is 0 Å². The number of halogens is 1. The van der Waals surface area contributed by atoms with Gasteiger partial charge < -0.3 is 10.2 Å². The summed E-state index contributed by atoms with van der Waals surface area (Å²) in [7, 11) is 0. The van der Waals surface area contributed by atoms with E-state index in [9.17, 15) is 14.0 Å². The highest BCUT2D eigenvalue weighted by Crippen LogP contribution is 2.25. The molecule has 1 heterocycles. The molecular formula is C11H19FN2O2. The molecule has 1 N–H and O–H groups in total. The van der Waals surface area contributed by atoms with Crippen LogP contribution in [-0.4, -0.2) is 41.5 Å². The number of alkyl halides is 1. The molecule has 92 valence electrons. The van der Waals surface area contributed by atoms with Gasteiger partial charge in [0, 0.05) is 0 Å². The summed E-state index contributed by atoms with van der Waals surface area (Å²) in [6.07, 6.45) is 1.02. The largest absolute Gasteiger partial charge is 0.342 e. The van der Waals surface area contributed by atoms with E-state index in [2.05, 4.69) is 5.32 Å². The molecule has 2 atom stereocenters. The molecule has 0 radical (unpaired) electrons. The Labute approximate surface area is 95.2 Å². The van der Waals surface area contributed by atoms with Gasteiger partial charge in [0.15, 0.2) is 0 Å². The second kappa shape index (κ2) is 4.80. The number of hydrogen-bond donors (Lipinski definition) is 1. The highest BCUT2D eigenvalue weighted by molar-refractivity contribution is 5.99. The standard InChI is InChI=1S/C11H19FN2O2/c1-4-8-9(15)14(7-6-12)11(3,5-2)10(16)13-8/h8H,4-7H2,1-3H3,(H,13,16). The van der Waals surface area contributed by atoms with Gasteiger partial charge in [0.1, 0.15) is 18.3 Å². The first-order chi connectivity index (χ1) is 7.51. The highest BCUT2D eigenvalue weighted by atomic mass is 19.1. The second-order valence-electron chi connectivity index (χ2n) is 4.24. The molecule has 2 amide bonds. The normalized spacial score (nSPS) is 30.5. The first-order valence-corrected chi connectivity index (χ1v) is 5.69. The molecule has 0 saturated carbocycles. The van der Waals surface area contributed by atoms with E-state index < -0.39 is 18.3 Å². The molecule has 5 heteroatoms. The first-order valence-electron chi connectivity index (χ1n) is 5.69. The molecule has 1 saturated heterocycles. The lowest BCUT2D eigenvalue weighted by molar-refractivity contribution is -0.157. The van der Waals surface area contributed by atoms with E-state index in [1.165, 1.54) is 4.90 Å². The molecule has 0 aromatic carbocycles. The van der Waals surface area contributed by atoms with Crippen LogP contribution in [0.25, 0.3) is 0 Å². The van der Waals surface area contributed by atoms with Gasteiger partial charge in [-0.25, -0.2) is 4.39 Å². The van der Waals surface area contributed by atoms with E-state index in [0.29, 0.717) is 12.8 Å². The average Bonchev–Trinajstić information content (AvgIpc) is 2.29. The Balaban J connectivity index is 3.01. The highest BCUT2D eigenvalue weighted by Gasteiger charge is 2.47. The van der Waals surface area contributed by atoms with Gasteiger partial charge in [0.25, 0.3) is 0 Å². The van der Waals surface area contributed by atoms with Crippen molar-refractivity contribution in [3.63, 3.8) is 0 Å². The third kappa shape index (κ3) is 1.90. The molecular weight excluding hydrogens is 211 g/mol. The Morgan fingerprint density at radius 2 is 2.06 bits per heavy atom. The summed E-state index contributed by atoms with van der Waals surface area (Å²) < 4.78 is 12.5. The van der Waals surface area contributed by atoms with E-state index >= 15 is 0 Å². The fourth-order valence-electron chi connectivity index (χ4n) is 2.00. The predicted molar refractivity (Wildman–Crippen MR) is 58.6 cm³/mol.